The van der Waals surface area contributed by atoms with Crippen LogP contribution in [-0.2, 0) is 9.59 Å². The number of terminal acetylenes is 1. The number of β-amino-alcohol motifs (C(OH)–C–C–N with tert-alkyl or cyclic N) is 1. The Morgan fingerprint density at radius 1 is 1.26 bits per heavy atom. The number of amides is 3. The van der Waals surface area contributed by atoms with Gasteiger partial charge >= 0.3 is 6.09 Å². The average molecular weight is 431 g/mol. The number of carbonyl (C=O) groups excluding carboxylic acids is 2. The summed E-state index contributed by atoms with van der Waals surface area (Å²) in [4.78, 5) is 38.5. The van der Waals surface area contributed by atoms with E-state index in [2.05, 4.69) is 16.6 Å². The van der Waals surface area contributed by atoms with Gasteiger partial charge in [0.2, 0.25) is 11.8 Å². The molecule has 2 unspecified atom stereocenters. The summed E-state index contributed by atoms with van der Waals surface area (Å²) in [6, 6.07) is 2.00. The van der Waals surface area contributed by atoms with Crippen LogP contribution in [-0.4, -0.2) is 62.9 Å². The predicted molar refractivity (Wildman–Crippen MR) is 113 cm³/mol. The Morgan fingerprint density at radius 2 is 1.90 bits per heavy atom. The third-order valence-corrected chi connectivity index (χ3v) is 5.27. The number of rotatable bonds is 5. The number of benzene rings is 1. The fraction of sp³-hybridized carbons (Fsp3) is 0.500. The number of hydrogen-bond donors (Lipinski definition) is 5. The standard InChI is InChI=1S/C22H29N3O6/c1-6-13-7-8-15(17(27)9-13)12(2)23-19(28)16-10-14(26)11-25(16)20(29)18(22(3,4)5)24-21(30)31/h1,7-9,12,14,16,18,24,26-27H,10-11H2,2-5H3,(H,23,28)(H,30,31)/t12?,14-,16+,18?/m1/s1. The minimum absolute atomic E-state index is 0.0240. The smallest absolute Gasteiger partial charge is 0.405 e. The van der Waals surface area contributed by atoms with Crippen LogP contribution in [0.1, 0.15) is 51.3 Å². The highest BCUT2D eigenvalue weighted by molar-refractivity contribution is 5.92. The molecule has 1 aliphatic heterocycles. The van der Waals surface area contributed by atoms with E-state index in [1.807, 2.05) is 0 Å². The van der Waals surface area contributed by atoms with Gasteiger partial charge in [0.05, 0.1) is 12.1 Å². The maximum Gasteiger partial charge on any atom is 0.405 e. The van der Waals surface area contributed by atoms with Gasteiger partial charge in [0.25, 0.3) is 0 Å². The van der Waals surface area contributed by atoms with Crippen molar-refractivity contribution in [2.75, 3.05) is 6.54 Å². The van der Waals surface area contributed by atoms with E-state index < -0.39 is 47.6 Å². The van der Waals surface area contributed by atoms with Gasteiger partial charge in [0, 0.05) is 24.1 Å². The third kappa shape index (κ3) is 5.67. The molecular weight excluding hydrogens is 402 g/mol. The Bertz CT molecular complexity index is 901. The van der Waals surface area contributed by atoms with Crippen LogP contribution in [0.25, 0.3) is 0 Å². The fourth-order valence-electron chi connectivity index (χ4n) is 3.63. The monoisotopic (exact) mass is 431 g/mol. The second-order valence-corrected chi connectivity index (χ2v) is 8.79. The minimum atomic E-state index is -1.35. The summed E-state index contributed by atoms with van der Waals surface area (Å²) in [5.41, 5.74) is 0.195. The lowest BCUT2D eigenvalue weighted by Gasteiger charge is -2.34. The number of nitrogens with one attached hydrogen (secondary N) is 2. The summed E-state index contributed by atoms with van der Waals surface area (Å²) >= 11 is 0. The van der Waals surface area contributed by atoms with Gasteiger partial charge in [0.1, 0.15) is 17.8 Å². The Balaban J connectivity index is 2.21. The zero-order valence-corrected chi connectivity index (χ0v) is 18.0. The van der Waals surface area contributed by atoms with E-state index in [0.29, 0.717) is 11.1 Å². The first kappa shape index (κ1) is 24.0. The minimum Gasteiger partial charge on any atom is -0.508 e. The van der Waals surface area contributed by atoms with E-state index in [0.717, 1.165) is 0 Å². The van der Waals surface area contributed by atoms with Crippen LogP contribution in [0, 0.1) is 17.8 Å². The van der Waals surface area contributed by atoms with Crippen LogP contribution < -0.4 is 10.6 Å². The van der Waals surface area contributed by atoms with Gasteiger partial charge in [-0.15, -0.1) is 6.42 Å². The van der Waals surface area contributed by atoms with Crippen molar-refractivity contribution in [3.05, 3.63) is 29.3 Å². The van der Waals surface area contributed by atoms with Crippen molar-refractivity contribution >= 4 is 17.9 Å². The van der Waals surface area contributed by atoms with Crippen molar-refractivity contribution < 1.29 is 29.7 Å². The number of hydrogen-bond acceptors (Lipinski definition) is 5. The molecule has 2 rings (SSSR count). The highest BCUT2D eigenvalue weighted by Crippen LogP contribution is 2.28. The fourth-order valence-corrected chi connectivity index (χ4v) is 3.63. The van der Waals surface area contributed by atoms with Crippen LogP contribution in [0.5, 0.6) is 5.75 Å². The first-order valence-corrected chi connectivity index (χ1v) is 9.93. The molecule has 4 atom stereocenters. The Hall–Kier alpha value is -3.25. The van der Waals surface area contributed by atoms with Crippen molar-refractivity contribution in [3.8, 4) is 18.1 Å². The van der Waals surface area contributed by atoms with Crippen LogP contribution in [0.4, 0.5) is 4.79 Å². The number of likely N-dealkylation sites (tertiary alicyclic amines) is 1. The lowest BCUT2D eigenvalue weighted by atomic mass is 9.85. The normalized spacial score (nSPS) is 20.5. The Labute approximate surface area is 181 Å². The van der Waals surface area contributed by atoms with Crippen molar-refractivity contribution in [1.82, 2.24) is 15.5 Å². The van der Waals surface area contributed by atoms with E-state index in [1.54, 1.807) is 39.8 Å². The topological polar surface area (TPSA) is 139 Å². The lowest BCUT2D eigenvalue weighted by Crippen LogP contribution is -2.57. The largest absolute Gasteiger partial charge is 0.508 e. The van der Waals surface area contributed by atoms with Gasteiger partial charge in [-0.1, -0.05) is 32.8 Å². The number of aliphatic hydroxyl groups is 1. The number of aromatic hydroxyl groups is 1. The molecule has 9 heteroatoms. The second kappa shape index (κ2) is 9.27. The van der Waals surface area contributed by atoms with Gasteiger partial charge in [-0.2, -0.15) is 0 Å². The molecule has 0 bridgehead atoms. The van der Waals surface area contributed by atoms with Crippen molar-refractivity contribution in [2.45, 2.75) is 58.3 Å². The predicted octanol–water partition coefficient (Wildman–Crippen LogP) is 1.19. The zero-order valence-electron chi connectivity index (χ0n) is 18.0. The van der Waals surface area contributed by atoms with Gasteiger partial charge < -0.3 is 30.9 Å². The maximum absolute atomic E-state index is 13.1. The van der Waals surface area contributed by atoms with Crippen LogP contribution in [0.2, 0.25) is 0 Å². The first-order valence-electron chi connectivity index (χ1n) is 9.93. The molecule has 3 amide bonds. The van der Waals surface area contributed by atoms with Gasteiger partial charge in [-0.05, 0) is 24.5 Å². The maximum atomic E-state index is 13.1. The molecular formula is C22H29N3O6. The molecule has 0 saturated carbocycles. The summed E-state index contributed by atoms with van der Waals surface area (Å²) in [6.07, 6.45) is 3.07. The molecule has 9 nitrogen and oxygen atoms in total. The van der Waals surface area contributed by atoms with Crippen molar-refractivity contribution in [3.63, 3.8) is 0 Å². The highest BCUT2D eigenvalue weighted by atomic mass is 16.4. The summed E-state index contributed by atoms with van der Waals surface area (Å²) < 4.78 is 0. The number of carboxylic acid groups (broad SMARTS) is 1. The summed E-state index contributed by atoms with van der Waals surface area (Å²) in [7, 11) is 0. The van der Waals surface area contributed by atoms with E-state index in [9.17, 15) is 24.6 Å². The molecule has 1 aromatic carbocycles. The van der Waals surface area contributed by atoms with Crippen LogP contribution >= 0.6 is 0 Å². The van der Waals surface area contributed by atoms with Crippen molar-refractivity contribution in [2.24, 2.45) is 5.41 Å². The first-order chi connectivity index (χ1) is 14.3. The SMILES string of the molecule is C#Cc1ccc(C(C)NC(=O)[C@@H]2C[C@@H](O)CN2C(=O)C(NC(=O)O)C(C)(C)C)c(O)c1. The third-order valence-electron chi connectivity index (χ3n) is 5.27. The molecule has 5 N–H and O–H groups in total. The molecule has 0 aliphatic carbocycles. The molecule has 1 heterocycles. The number of phenols is 1. The van der Waals surface area contributed by atoms with E-state index in [-0.39, 0.29) is 18.7 Å². The molecule has 1 aromatic rings. The summed E-state index contributed by atoms with van der Waals surface area (Å²) in [5, 5.41) is 34.4. The second-order valence-electron chi connectivity index (χ2n) is 8.79. The zero-order chi connectivity index (χ0) is 23.5. The average Bonchev–Trinajstić information content (AvgIpc) is 3.06. The van der Waals surface area contributed by atoms with Crippen molar-refractivity contribution in [1.29, 1.82) is 0 Å². The quantitative estimate of drug-likeness (QED) is 0.444. The van der Waals surface area contributed by atoms with Gasteiger partial charge in [-0.3, -0.25) is 9.59 Å². The Kier molecular flexibility index (Phi) is 7.18. The molecule has 1 aliphatic rings. The van der Waals surface area contributed by atoms with Crippen LogP contribution in [0.3, 0.4) is 0 Å². The highest BCUT2D eigenvalue weighted by Gasteiger charge is 2.44. The Morgan fingerprint density at radius 3 is 2.42 bits per heavy atom. The number of aliphatic hydroxyl groups excluding tert-OH is 1. The van der Waals surface area contributed by atoms with E-state index in [4.69, 9.17) is 11.5 Å². The molecule has 0 aromatic heterocycles. The molecule has 1 fully saturated rings. The van der Waals surface area contributed by atoms with E-state index in [1.165, 1.54) is 11.0 Å². The molecule has 0 spiro atoms. The number of carbonyl (C=O) groups is 3. The lowest BCUT2D eigenvalue weighted by molar-refractivity contribution is -0.142. The number of nitrogens with zero attached hydrogens (tertiary/aromatic N) is 1. The van der Waals surface area contributed by atoms with Gasteiger partial charge in [-0.25, -0.2) is 4.79 Å². The molecule has 1 saturated heterocycles. The molecule has 0 radical (unpaired) electrons. The van der Waals surface area contributed by atoms with Gasteiger partial charge in [0.15, 0.2) is 0 Å². The number of phenolic OH excluding ortho intramolecular Hbond substituents is 1. The van der Waals surface area contributed by atoms with E-state index >= 15 is 0 Å². The summed E-state index contributed by atoms with van der Waals surface area (Å²) in [5.74, 6) is 1.25. The summed E-state index contributed by atoms with van der Waals surface area (Å²) in [6.45, 7) is 6.71. The molecule has 168 valence electrons. The molecule has 31 heavy (non-hydrogen) atoms. The van der Waals surface area contributed by atoms with Crippen LogP contribution in [0.15, 0.2) is 18.2 Å².